The van der Waals surface area contributed by atoms with Crippen LogP contribution in [0.25, 0.3) is 0 Å². The Balaban J connectivity index is 1.89. The molecule has 184 valence electrons. The number of hydrogen-bond donors (Lipinski definition) is 1. The third-order valence-corrected chi connectivity index (χ3v) is 7.90. The van der Waals surface area contributed by atoms with Crippen LogP contribution in [0, 0.1) is 6.92 Å². The Kier molecular flexibility index (Phi) is 8.76. The van der Waals surface area contributed by atoms with E-state index in [1.165, 1.54) is 4.90 Å². The molecule has 1 fully saturated rings. The summed E-state index contributed by atoms with van der Waals surface area (Å²) in [5.74, 6) is -0.670. The van der Waals surface area contributed by atoms with E-state index in [9.17, 15) is 18.0 Å². The number of para-hydroxylation sites is 1. The van der Waals surface area contributed by atoms with Gasteiger partial charge < -0.3 is 10.2 Å². The molecule has 3 rings (SSSR count). The number of carbonyl (C=O) groups is 2. The van der Waals surface area contributed by atoms with Crippen molar-refractivity contribution in [1.82, 2.24) is 10.2 Å². The number of aryl methyl sites for hydroxylation is 1. The Hall–Kier alpha value is -2.39. The third kappa shape index (κ3) is 6.82. The highest BCUT2D eigenvalue weighted by molar-refractivity contribution is 9.10. The topological polar surface area (TPSA) is 86.8 Å². The van der Waals surface area contributed by atoms with Crippen molar-refractivity contribution in [2.24, 2.45) is 0 Å². The summed E-state index contributed by atoms with van der Waals surface area (Å²) >= 11 is 3.38. The Labute approximate surface area is 210 Å². The average molecular weight is 551 g/mol. The maximum absolute atomic E-state index is 13.6. The molecule has 2 aromatic carbocycles. The molecule has 0 radical (unpaired) electrons. The van der Waals surface area contributed by atoms with Gasteiger partial charge in [0.1, 0.15) is 12.6 Å². The largest absolute Gasteiger partial charge is 0.352 e. The van der Waals surface area contributed by atoms with Crippen molar-refractivity contribution < 1.29 is 18.0 Å². The molecular formula is C25H32BrN3O4S. The van der Waals surface area contributed by atoms with Gasteiger partial charge in [0.05, 0.1) is 11.9 Å². The van der Waals surface area contributed by atoms with E-state index in [1.54, 1.807) is 31.2 Å². The first-order valence-corrected chi connectivity index (χ1v) is 14.1. The molecule has 0 spiro atoms. The molecule has 0 heterocycles. The van der Waals surface area contributed by atoms with Crippen LogP contribution >= 0.6 is 15.9 Å². The van der Waals surface area contributed by atoms with Crippen molar-refractivity contribution >= 4 is 43.5 Å². The molecule has 2 amide bonds. The lowest BCUT2D eigenvalue weighted by atomic mass is 10.1. The van der Waals surface area contributed by atoms with Gasteiger partial charge in [0.15, 0.2) is 0 Å². The van der Waals surface area contributed by atoms with Gasteiger partial charge in [-0.05, 0) is 60.3 Å². The number of hydrogen-bond acceptors (Lipinski definition) is 4. The molecule has 0 aromatic heterocycles. The molecule has 1 aliphatic carbocycles. The van der Waals surface area contributed by atoms with Crippen molar-refractivity contribution in [2.45, 2.75) is 58.2 Å². The third-order valence-electron chi connectivity index (χ3n) is 6.10. The molecule has 9 heteroatoms. The first-order valence-electron chi connectivity index (χ1n) is 11.4. The number of rotatable bonds is 9. The summed E-state index contributed by atoms with van der Waals surface area (Å²) in [6.45, 7) is 3.45. The minimum Gasteiger partial charge on any atom is -0.352 e. The van der Waals surface area contributed by atoms with Gasteiger partial charge >= 0.3 is 0 Å². The fourth-order valence-corrected chi connectivity index (χ4v) is 5.71. The van der Waals surface area contributed by atoms with Crippen LogP contribution < -0.4 is 9.62 Å². The van der Waals surface area contributed by atoms with Crippen LogP contribution in [0.4, 0.5) is 5.69 Å². The molecule has 1 N–H and O–H groups in total. The highest BCUT2D eigenvalue weighted by atomic mass is 79.9. The van der Waals surface area contributed by atoms with E-state index < -0.39 is 28.5 Å². The summed E-state index contributed by atoms with van der Waals surface area (Å²) < 4.78 is 26.9. The number of sulfonamides is 1. The quantitative estimate of drug-likeness (QED) is 0.512. The number of nitrogens with zero attached hydrogens (tertiary/aromatic N) is 2. The minimum atomic E-state index is -3.76. The SMILES string of the molecule is Cc1cccc(CN(C(=O)CN(c2ccccc2Br)S(C)(=O)=O)[C@@H](C)C(=O)NC2CCCC2)c1. The van der Waals surface area contributed by atoms with Crippen molar-refractivity contribution in [1.29, 1.82) is 0 Å². The first kappa shape index (κ1) is 26.2. The maximum Gasteiger partial charge on any atom is 0.244 e. The zero-order valence-corrected chi connectivity index (χ0v) is 22.2. The Bertz CT molecular complexity index is 1130. The Morgan fingerprint density at radius 2 is 1.79 bits per heavy atom. The van der Waals surface area contributed by atoms with Crippen molar-refractivity contribution in [3.63, 3.8) is 0 Å². The smallest absolute Gasteiger partial charge is 0.244 e. The molecule has 1 atom stereocenters. The van der Waals surface area contributed by atoms with Crippen LogP contribution in [0.2, 0.25) is 0 Å². The van der Waals surface area contributed by atoms with Crippen LogP contribution in [0.5, 0.6) is 0 Å². The average Bonchev–Trinajstić information content (AvgIpc) is 3.28. The van der Waals surface area contributed by atoms with Crippen LogP contribution in [0.1, 0.15) is 43.7 Å². The summed E-state index contributed by atoms with van der Waals surface area (Å²) in [4.78, 5) is 28.1. The molecule has 0 unspecified atom stereocenters. The molecule has 2 aromatic rings. The van der Waals surface area contributed by atoms with Gasteiger partial charge in [-0.25, -0.2) is 8.42 Å². The molecule has 7 nitrogen and oxygen atoms in total. The lowest BCUT2D eigenvalue weighted by Gasteiger charge is -2.32. The van der Waals surface area contributed by atoms with Gasteiger partial charge in [-0.3, -0.25) is 13.9 Å². The van der Waals surface area contributed by atoms with Crippen LogP contribution in [0.15, 0.2) is 53.0 Å². The Morgan fingerprint density at radius 1 is 1.12 bits per heavy atom. The lowest BCUT2D eigenvalue weighted by Crippen LogP contribution is -2.52. The van der Waals surface area contributed by atoms with Crippen LogP contribution in [-0.2, 0) is 26.2 Å². The van der Waals surface area contributed by atoms with Crippen LogP contribution in [-0.4, -0.2) is 50.0 Å². The van der Waals surface area contributed by atoms with Gasteiger partial charge in [-0.15, -0.1) is 0 Å². The number of amides is 2. The van der Waals surface area contributed by atoms with E-state index in [-0.39, 0.29) is 18.5 Å². The van der Waals surface area contributed by atoms with Crippen molar-refractivity contribution in [2.75, 3.05) is 17.1 Å². The molecule has 1 saturated carbocycles. The molecule has 0 saturated heterocycles. The number of anilines is 1. The Morgan fingerprint density at radius 3 is 2.41 bits per heavy atom. The van der Waals surface area contributed by atoms with Gasteiger partial charge in [0.25, 0.3) is 0 Å². The van der Waals surface area contributed by atoms with Gasteiger partial charge in [-0.2, -0.15) is 0 Å². The highest BCUT2D eigenvalue weighted by Gasteiger charge is 2.31. The van der Waals surface area contributed by atoms with E-state index >= 15 is 0 Å². The lowest BCUT2D eigenvalue weighted by molar-refractivity contribution is -0.139. The summed E-state index contributed by atoms with van der Waals surface area (Å²) in [6.07, 6.45) is 5.12. The number of halogens is 1. The first-order chi connectivity index (χ1) is 16.1. The summed E-state index contributed by atoms with van der Waals surface area (Å²) in [7, 11) is -3.76. The summed E-state index contributed by atoms with van der Waals surface area (Å²) in [6, 6.07) is 13.9. The number of benzene rings is 2. The second kappa shape index (κ2) is 11.4. The standard InChI is InChI=1S/C25H32BrN3O4S/c1-18-9-8-10-20(15-18)16-28(19(2)25(31)27-21-11-4-5-12-21)24(30)17-29(34(3,32)33)23-14-7-6-13-22(23)26/h6-10,13-15,19,21H,4-5,11-12,16-17H2,1-3H3,(H,27,31)/t19-/m0/s1. The monoisotopic (exact) mass is 549 g/mol. The van der Waals surface area contributed by atoms with Gasteiger partial charge in [0, 0.05) is 17.1 Å². The van der Waals surface area contributed by atoms with Crippen molar-refractivity contribution in [3.05, 3.63) is 64.1 Å². The summed E-state index contributed by atoms with van der Waals surface area (Å²) in [5.41, 5.74) is 2.29. The van der Waals surface area contributed by atoms with Crippen LogP contribution in [0.3, 0.4) is 0 Å². The normalized spacial score (nSPS) is 15.1. The van der Waals surface area contributed by atoms with Gasteiger partial charge in [0.2, 0.25) is 21.8 Å². The number of carbonyl (C=O) groups excluding carboxylic acids is 2. The van der Waals surface area contributed by atoms with E-state index in [0.29, 0.717) is 10.2 Å². The fraction of sp³-hybridized carbons (Fsp3) is 0.440. The molecule has 34 heavy (non-hydrogen) atoms. The zero-order valence-electron chi connectivity index (χ0n) is 19.8. The highest BCUT2D eigenvalue weighted by Crippen LogP contribution is 2.28. The molecule has 0 bridgehead atoms. The molecular weight excluding hydrogens is 518 g/mol. The van der Waals surface area contributed by atoms with E-state index in [2.05, 4.69) is 21.2 Å². The predicted molar refractivity (Wildman–Crippen MR) is 138 cm³/mol. The minimum absolute atomic E-state index is 0.124. The van der Waals surface area contributed by atoms with Gasteiger partial charge in [-0.1, -0.05) is 54.8 Å². The van der Waals surface area contributed by atoms with Crippen molar-refractivity contribution in [3.8, 4) is 0 Å². The molecule has 1 aliphatic rings. The van der Waals surface area contributed by atoms with E-state index in [4.69, 9.17) is 0 Å². The summed E-state index contributed by atoms with van der Waals surface area (Å²) in [5, 5.41) is 3.06. The fourth-order valence-electron chi connectivity index (χ4n) is 4.23. The molecule has 0 aliphatic heterocycles. The van der Waals surface area contributed by atoms with E-state index in [1.807, 2.05) is 31.2 Å². The number of nitrogens with one attached hydrogen (secondary N) is 1. The second-order valence-electron chi connectivity index (χ2n) is 8.90. The predicted octanol–water partition coefficient (Wildman–Crippen LogP) is 4.00. The van der Waals surface area contributed by atoms with E-state index in [0.717, 1.165) is 47.4 Å². The zero-order chi connectivity index (χ0) is 24.9. The maximum atomic E-state index is 13.6. The second-order valence-corrected chi connectivity index (χ2v) is 11.7.